The van der Waals surface area contributed by atoms with Crippen molar-refractivity contribution in [3.8, 4) is 0 Å². The molecule has 0 saturated heterocycles. The van der Waals surface area contributed by atoms with Gasteiger partial charge in [-0.05, 0) is 55.2 Å². The highest BCUT2D eigenvalue weighted by Gasteiger charge is 2.33. The van der Waals surface area contributed by atoms with Crippen LogP contribution in [0.2, 0.25) is 10.0 Å². The summed E-state index contributed by atoms with van der Waals surface area (Å²) in [6.45, 7) is 1.49. The Labute approximate surface area is 217 Å². The van der Waals surface area contributed by atoms with E-state index < -0.39 is 28.5 Å². The SMILES string of the molecule is CC[C@@H](C(=O)NC1CCCC1)N(Cc1ccccc1Cl)C(=O)CN(C)S(=O)(=O)c1ccc(Cl)cc1. The Hall–Kier alpha value is -2.13. The van der Waals surface area contributed by atoms with Gasteiger partial charge in [-0.2, -0.15) is 4.31 Å². The maximum atomic E-state index is 13.5. The van der Waals surface area contributed by atoms with Gasteiger partial charge in [0.1, 0.15) is 6.04 Å². The molecule has 2 aromatic carbocycles. The van der Waals surface area contributed by atoms with Crippen LogP contribution in [0.15, 0.2) is 53.4 Å². The number of hydrogen-bond donors (Lipinski definition) is 1. The van der Waals surface area contributed by atoms with E-state index in [4.69, 9.17) is 23.2 Å². The molecule has 35 heavy (non-hydrogen) atoms. The van der Waals surface area contributed by atoms with Gasteiger partial charge in [-0.3, -0.25) is 9.59 Å². The quantitative estimate of drug-likeness (QED) is 0.482. The second kappa shape index (κ2) is 12.2. The number of carbonyl (C=O) groups excluding carboxylic acids is 2. The van der Waals surface area contributed by atoms with E-state index in [1.165, 1.54) is 36.2 Å². The molecule has 1 aliphatic carbocycles. The molecular formula is C25H31Cl2N3O4S. The lowest BCUT2D eigenvalue weighted by molar-refractivity contribution is -0.141. The van der Waals surface area contributed by atoms with Gasteiger partial charge in [0.15, 0.2) is 0 Å². The number of carbonyl (C=O) groups is 2. The number of hydrogen-bond acceptors (Lipinski definition) is 4. The van der Waals surface area contributed by atoms with Gasteiger partial charge in [-0.25, -0.2) is 8.42 Å². The number of nitrogens with zero attached hydrogens (tertiary/aromatic N) is 2. The van der Waals surface area contributed by atoms with Crippen molar-refractivity contribution in [3.63, 3.8) is 0 Å². The van der Waals surface area contributed by atoms with Crippen molar-refractivity contribution in [2.75, 3.05) is 13.6 Å². The summed E-state index contributed by atoms with van der Waals surface area (Å²) >= 11 is 12.2. The van der Waals surface area contributed by atoms with E-state index in [0.717, 1.165) is 30.0 Å². The van der Waals surface area contributed by atoms with Crippen LogP contribution in [0, 0.1) is 0 Å². The predicted octanol–water partition coefficient (Wildman–Crippen LogP) is 4.48. The van der Waals surface area contributed by atoms with Crippen molar-refractivity contribution < 1.29 is 18.0 Å². The van der Waals surface area contributed by atoms with E-state index in [-0.39, 0.29) is 23.4 Å². The van der Waals surface area contributed by atoms with Crippen LogP contribution >= 0.6 is 23.2 Å². The molecule has 7 nitrogen and oxygen atoms in total. The molecule has 0 heterocycles. The highest BCUT2D eigenvalue weighted by molar-refractivity contribution is 7.89. The Balaban J connectivity index is 1.85. The van der Waals surface area contributed by atoms with E-state index >= 15 is 0 Å². The molecule has 10 heteroatoms. The lowest BCUT2D eigenvalue weighted by Gasteiger charge is -2.32. The number of amides is 2. The number of nitrogens with one attached hydrogen (secondary N) is 1. The normalized spacial score (nSPS) is 15.2. The Morgan fingerprint density at radius 3 is 2.29 bits per heavy atom. The number of benzene rings is 2. The zero-order valence-electron chi connectivity index (χ0n) is 19.9. The van der Waals surface area contributed by atoms with Crippen molar-refractivity contribution in [1.29, 1.82) is 0 Å². The number of halogens is 2. The summed E-state index contributed by atoms with van der Waals surface area (Å²) in [5, 5.41) is 3.95. The van der Waals surface area contributed by atoms with Crippen LogP contribution in [0.3, 0.4) is 0 Å². The fraction of sp³-hybridized carbons (Fsp3) is 0.440. The molecule has 0 spiro atoms. The number of likely N-dealkylation sites (N-methyl/N-ethyl adjacent to an activating group) is 1. The Bertz CT molecular complexity index is 1140. The number of sulfonamides is 1. The fourth-order valence-corrected chi connectivity index (χ4v) is 5.69. The maximum Gasteiger partial charge on any atom is 0.243 e. The Morgan fingerprint density at radius 1 is 1.06 bits per heavy atom. The van der Waals surface area contributed by atoms with E-state index in [9.17, 15) is 18.0 Å². The van der Waals surface area contributed by atoms with E-state index in [0.29, 0.717) is 22.0 Å². The molecule has 3 rings (SSSR count). The molecule has 1 saturated carbocycles. The van der Waals surface area contributed by atoms with Gasteiger partial charge < -0.3 is 10.2 Å². The van der Waals surface area contributed by atoms with Crippen LogP contribution in [0.4, 0.5) is 0 Å². The molecule has 2 amide bonds. The smallest absolute Gasteiger partial charge is 0.243 e. The zero-order valence-corrected chi connectivity index (χ0v) is 22.2. The third-order valence-corrected chi connectivity index (χ3v) is 8.70. The summed E-state index contributed by atoms with van der Waals surface area (Å²) < 4.78 is 27.0. The van der Waals surface area contributed by atoms with Gasteiger partial charge in [-0.1, -0.05) is 61.2 Å². The minimum Gasteiger partial charge on any atom is -0.352 e. The van der Waals surface area contributed by atoms with Gasteiger partial charge in [0.25, 0.3) is 0 Å². The molecule has 190 valence electrons. The molecule has 0 radical (unpaired) electrons. The summed E-state index contributed by atoms with van der Waals surface area (Å²) in [7, 11) is -2.59. The molecule has 0 aromatic heterocycles. The molecule has 2 aromatic rings. The molecule has 1 N–H and O–H groups in total. The van der Waals surface area contributed by atoms with Crippen LogP contribution in [0.1, 0.15) is 44.6 Å². The van der Waals surface area contributed by atoms with E-state index in [1.54, 1.807) is 24.3 Å². The van der Waals surface area contributed by atoms with Crippen molar-refractivity contribution in [2.45, 2.75) is 62.6 Å². The summed E-state index contributed by atoms with van der Waals surface area (Å²) in [4.78, 5) is 28.2. The molecule has 0 unspecified atom stereocenters. The van der Waals surface area contributed by atoms with Gasteiger partial charge in [0, 0.05) is 29.7 Å². The summed E-state index contributed by atoms with van der Waals surface area (Å²) in [6, 6.07) is 12.2. The molecular weight excluding hydrogens is 509 g/mol. The largest absolute Gasteiger partial charge is 0.352 e. The molecule has 1 aliphatic rings. The number of rotatable bonds is 10. The first kappa shape index (κ1) is 27.5. The fourth-order valence-electron chi connectivity index (χ4n) is 4.25. The van der Waals surface area contributed by atoms with Gasteiger partial charge >= 0.3 is 0 Å². The van der Waals surface area contributed by atoms with Crippen LogP contribution < -0.4 is 5.32 Å². The third-order valence-electron chi connectivity index (χ3n) is 6.27. The second-order valence-corrected chi connectivity index (χ2v) is 11.6. The van der Waals surface area contributed by atoms with Gasteiger partial charge in [0.2, 0.25) is 21.8 Å². The average Bonchev–Trinajstić information content (AvgIpc) is 3.33. The summed E-state index contributed by atoms with van der Waals surface area (Å²) in [5.41, 5.74) is 0.679. The minimum absolute atomic E-state index is 0.0286. The summed E-state index contributed by atoms with van der Waals surface area (Å²) in [6.07, 6.45) is 4.35. The Kier molecular flexibility index (Phi) is 9.58. The highest BCUT2D eigenvalue weighted by atomic mass is 35.5. The van der Waals surface area contributed by atoms with Crippen LogP contribution in [-0.4, -0.2) is 55.1 Å². The Morgan fingerprint density at radius 2 is 1.69 bits per heavy atom. The van der Waals surface area contributed by atoms with Gasteiger partial charge in [-0.15, -0.1) is 0 Å². The first-order valence-corrected chi connectivity index (χ1v) is 13.9. The van der Waals surface area contributed by atoms with E-state index in [1.807, 2.05) is 6.92 Å². The second-order valence-electron chi connectivity index (χ2n) is 8.74. The topological polar surface area (TPSA) is 86.8 Å². The molecule has 1 atom stereocenters. The lowest BCUT2D eigenvalue weighted by Crippen LogP contribution is -2.53. The van der Waals surface area contributed by atoms with Crippen LogP contribution in [-0.2, 0) is 26.2 Å². The lowest BCUT2D eigenvalue weighted by atomic mass is 10.1. The zero-order chi connectivity index (χ0) is 25.6. The van der Waals surface area contributed by atoms with Crippen LogP contribution in [0.25, 0.3) is 0 Å². The van der Waals surface area contributed by atoms with Crippen molar-refractivity contribution in [2.24, 2.45) is 0 Å². The first-order valence-electron chi connectivity index (χ1n) is 11.7. The molecule has 0 bridgehead atoms. The predicted molar refractivity (Wildman–Crippen MR) is 138 cm³/mol. The molecule has 0 aliphatic heterocycles. The minimum atomic E-state index is -3.94. The monoisotopic (exact) mass is 539 g/mol. The molecule has 1 fully saturated rings. The maximum absolute atomic E-state index is 13.5. The standard InChI is InChI=1S/C25H31Cl2N3O4S/c1-3-23(25(32)28-20-9-5-6-10-20)30(16-18-8-4-7-11-22(18)27)24(31)17-29(2)35(33,34)21-14-12-19(26)13-15-21/h4,7-8,11-15,20,23H,3,5-6,9-10,16-17H2,1-2H3,(H,28,32)/t23-/m0/s1. The van der Waals surface area contributed by atoms with Crippen molar-refractivity contribution >= 4 is 45.0 Å². The van der Waals surface area contributed by atoms with Crippen LogP contribution in [0.5, 0.6) is 0 Å². The van der Waals surface area contributed by atoms with E-state index in [2.05, 4.69) is 5.32 Å². The summed E-state index contributed by atoms with van der Waals surface area (Å²) in [5.74, 6) is -0.721. The third kappa shape index (κ3) is 6.97. The van der Waals surface area contributed by atoms with Crippen molar-refractivity contribution in [1.82, 2.24) is 14.5 Å². The van der Waals surface area contributed by atoms with Crippen molar-refractivity contribution in [3.05, 3.63) is 64.1 Å². The average molecular weight is 541 g/mol. The first-order chi connectivity index (χ1) is 16.6. The van der Waals surface area contributed by atoms with Gasteiger partial charge in [0.05, 0.1) is 11.4 Å². The highest BCUT2D eigenvalue weighted by Crippen LogP contribution is 2.23.